The van der Waals surface area contributed by atoms with Crippen LogP contribution in [0.25, 0.3) is 10.9 Å². The summed E-state index contributed by atoms with van der Waals surface area (Å²) in [5.41, 5.74) is 4.51. The summed E-state index contributed by atoms with van der Waals surface area (Å²) in [6, 6.07) is 14.0. The van der Waals surface area contributed by atoms with E-state index < -0.39 is 34.5 Å². The van der Waals surface area contributed by atoms with Crippen LogP contribution in [0.4, 0.5) is 20.2 Å². The lowest BCUT2D eigenvalue weighted by atomic mass is 10.0. The van der Waals surface area contributed by atoms with Crippen LogP contribution < -0.4 is 24.8 Å². The number of carbonyl (C=O) groups is 2. The average Bonchev–Trinajstić information content (AvgIpc) is 3.95. The molecule has 0 aliphatic heterocycles. The molecular weight excluding hydrogens is 572 g/mol. The Kier molecular flexibility index (Phi) is 7.58. The molecule has 4 aromatic rings. The summed E-state index contributed by atoms with van der Waals surface area (Å²) in [7, 11) is 1.51. The summed E-state index contributed by atoms with van der Waals surface area (Å²) in [5.74, 6) is -1.56. The zero-order chi connectivity index (χ0) is 31.1. The van der Waals surface area contributed by atoms with Crippen molar-refractivity contribution in [3.05, 3.63) is 78.5 Å². The molecule has 1 heterocycles. The normalized spacial score (nSPS) is 15.8. The molecule has 2 fully saturated rings. The van der Waals surface area contributed by atoms with E-state index in [1.54, 1.807) is 18.2 Å². The van der Waals surface area contributed by atoms with Crippen molar-refractivity contribution in [2.24, 2.45) is 11.1 Å². The van der Waals surface area contributed by atoms with Gasteiger partial charge in [0.15, 0.2) is 23.1 Å². The van der Waals surface area contributed by atoms with Crippen molar-refractivity contribution in [1.82, 2.24) is 4.98 Å². The lowest BCUT2D eigenvalue weighted by molar-refractivity contribution is -0.133. The third-order valence-corrected chi connectivity index (χ3v) is 8.17. The number of anilines is 2. The minimum atomic E-state index is -1.39. The highest BCUT2D eigenvalue weighted by Gasteiger charge is 2.57. The van der Waals surface area contributed by atoms with E-state index in [9.17, 15) is 19.1 Å². The third kappa shape index (κ3) is 5.74. The van der Waals surface area contributed by atoms with Crippen LogP contribution >= 0.6 is 0 Å². The van der Waals surface area contributed by atoms with E-state index in [-0.39, 0.29) is 30.0 Å². The number of aromatic nitrogens is 1. The van der Waals surface area contributed by atoms with Gasteiger partial charge in [-0.15, -0.1) is 0 Å². The SMILES string of the molecule is COc1cc2c(Oc3ccc(N(C(=O)C4(C(N)=O)CC4)c4ccc(F)cc4)cc3F)ccnc2cc1OCCCC1(O)CC1. The highest BCUT2D eigenvalue weighted by molar-refractivity contribution is 6.16. The molecule has 2 amide bonds. The molecule has 0 unspecified atom stereocenters. The van der Waals surface area contributed by atoms with Gasteiger partial charge in [-0.2, -0.15) is 0 Å². The molecule has 44 heavy (non-hydrogen) atoms. The number of halogens is 2. The second-order valence-electron chi connectivity index (χ2n) is 11.3. The first-order valence-corrected chi connectivity index (χ1v) is 14.3. The number of primary amides is 1. The lowest BCUT2D eigenvalue weighted by Gasteiger charge is -2.26. The number of rotatable bonds is 12. The van der Waals surface area contributed by atoms with Crippen molar-refractivity contribution in [3.8, 4) is 23.0 Å². The second kappa shape index (κ2) is 11.4. The molecule has 0 saturated heterocycles. The maximum atomic E-state index is 15.6. The van der Waals surface area contributed by atoms with Crippen LogP contribution in [0.1, 0.15) is 38.5 Å². The van der Waals surface area contributed by atoms with E-state index in [0.717, 1.165) is 18.9 Å². The number of amides is 2. The van der Waals surface area contributed by atoms with Crippen molar-refractivity contribution < 1.29 is 37.7 Å². The van der Waals surface area contributed by atoms with Crippen molar-refractivity contribution in [1.29, 1.82) is 0 Å². The van der Waals surface area contributed by atoms with Crippen LogP contribution in [-0.2, 0) is 9.59 Å². The summed E-state index contributed by atoms with van der Waals surface area (Å²) < 4.78 is 46.7. The molecule has 9 nitrogen and oxygen atoms in total. The largest absolute Gasteiger partial charge is 0.493 e. The number of hydrogen-bond donors (Lipinski definition) is 2. The monoisotopic (exact) mass is 603 g/mol. The van der Waals surface area contributed by atoms with Crippen LogP contribution in [0, 0.1) is 17.0 Å². The molecule has 228 valence electrons. The summed E-state index contributed by atoms with van der Waals surface area (Å²) in [4.78, 5) is 31.3. The van der Waals surface area contributed by atoms with E-state index in [1.165, 1.54) is 54.6 Å². The lowest BCUT2D eigenvalue weighted by Crippen LogP contribution is -2.41. The molecule has 0 bridgehead atoms. The first kappa shape index (κ1) is 29.3. The number of ether oxygens (including phenoxy) is 3. The summed E-state index contributed by atoms with van der Waals surface area (Å²) in [6.45, 7) is 0.399. The molecule has 2 aliphatic rings. The maximum Gasteiger partial charge on any atom is 0.247 e. The Morgan fingerprint density at radius 3 is 2.30 bits per heavy atom. The van der Waals surface area contributed by atoms with E-state index in [4.69, 9.17) is 19.9 Å². The number of pyridine rings is 1. The minimum absolute atomic E-state index is 0.121. The van der Waals surface area contributed by atoms with Crippen LogP contribution in [-0.4, -0.2) is 41.2 Å². The molecule has 0 radical (unpaired) electrons. The third-order valence-electron chi connectivity index (χ3n) is 8.17. The van der Waals surface area contributed by atoms with Gasteiger partial charge in [-0.25, -0.2) is 8.78 Å². The Labute approximate surface area is 252 Å². The van der Waals surface area contributed by atoms with Crippen LogP contribution in [0.2, 0.25) is 0 Å². The predicted octanol–water partition coefficient (Wildman–Crippen LogP) is 5.93. The Morgan fingerprint density at radius 1 is 0.932 bits per heavy atom. The number of carbonyl (C=O) groups excluding carboxylic acids is 2. The van der Waals surface area contributed by atoms with E-state index in [0.29, 0.717) is 47.6 Å². The van der Waals surface area contributed by atoms with Gasteiger partial charge in [0, 0.05) is 29.4 Å². The number of methoxy groups -OCH3 is 1. The van der Waals surface area contributed by atoms with Gasteiger partial charge in [0.1, 0.15) is 17.0 Å². The van der Waals surface area contributed by atoms with Gasteiger partial charge in [-0.05, 0) is 87.1 Å². The summed E-state index contributed by atoms with van der Waals surface area (Å²) >= 11 is 0. The van der Waals surface area contributed by atoms with Crippen molar-refractivity contribution >= 4 is 34.1 Å². The second-order valence-corrected chi connectivity index (χ2v) is 11.3. The Bertz CT molecular complexity index is 1740. The topological polar surface area (TPSA) is 124 Å². The number of benzene rings is 3. The Balaban J connectivity index is 1.26. The van der Waals surface area contributed by atoms with Crippen molar-refractivity contribution in [3.63, 3.8) is 0 Å². The number of hydrogen-bond acceptors (Lipinski definition) is 7. The highest BCUT2D eigenvalue weighted by atomic mass is 19.1. The number of nitrogens with zero attached hydrogens (tertiary/aromatic N) is 2. The number of nitrogens with two attached hydrogens (primary N) is 1. The zero-order valence-corrected chi connectivity index (χ0v) is 24.0. The smallest absolute Gasteiger partial charge is 0.247 e. The van der Waals surface area contributed by atoms with Gasteiger partial charge >= 0.3 is 0 Å². The van der Waals surface area contributed by atoms with Crippen LogP contribution in [0.3, 0.4) is 0 Å². The van der Waals surface area contributed by atoms with Crippen molar-refractivity contribution in [2.75, 3.05) is 18.6 Å². The van der Waals surface area contributed by atoms with Gasteiger partial charge in [-0.1, -0.05) is 0 Å². The Morgan fingerprint density at radius 2 is 1.66 bits per heavy atom. The van der Waals surface area contributed by atoms with Gasteiger partial charge in [-0.3, -0.25) is 19.5 Å². The first-order chi connectivity index (χ1) is 21.1. The van der Waals surface area contributed by atoms with E-state index in [2.05, 4.69) is 4.98 Å². The average molecular weight is 604 g/mol. The molecule has 1 aromatic heterocycles. The molecule has 6 rings (SSSR count). The molecule has 2 saturated carbocycles. The van der Waals surface area contributed by atoms with Crippen LogP contribution in [0.5, 0.6) is 23.0 Å². The minimum Gasteiger partial charge on any atom is -0.493 e. The van der Waals surface area contributed by atoms with Crippen molar-refractivity contribution in [2.45, 2.75) is 44.1 Å². The first-order valence-electron chi connectivity index (χ1n) is 14.3. The van der Waals surface area contributed by atoms with E-state index >= 15 is 4.39 Å². The van der Waals surface area contributed by atoms with Gasteiger partial charge < -0.3 is 25.1 Å². The number of fused-ring (bicyclic) bond motifs is 1. The molecule has 3 aromatic carbocycles. The molecule has 3 N–H and O–H groups in total. The summed E-state index contributed by atoms with van der Waals surface area (Å²) in [6.07, 6.45) is 5.08. The maximum absolute atomic E-state index is 15.6. The number of aliphatic hydroxyl groups is 1. The fourth-order valence-electron chi connectivity index (χ4n) is 5.18. The fourth-order valence-corrected chi connectivity index (χ4v) is 5.18. The summed E-state index contributed by atoms with van der Waals surface area (Å²) in [5, 5.41) is 10.6. The van der Waals surface area contributed by atoms with Gasteiger partial charge in [0.05, 0.1) is 30.5 Å². The van der Waals surface area contributed by atoms with Gasteiger partial charge in [0.2, 0.25) is 11.8 Å². The zero-order valence-electron chi connectivity index (χ0n) is 24.0. The quantitative estimate of drug-likeness (QED) is 0.152. The van der Waals surface area contributed by atoms with Crippen LogP contribution in [0.15, 0.2) is 66.9 Å². The molecule has 0 spiro atoms. The Hall–Kier alpha value is -4.77. The van der Waals surface area contributed by atoms with E-state index in [1.807, 2.05) is 0 Å². The standard InChI is InChI=1S/C33H31F2N3O6/c1-42-28-18-23-25(19-29(28)43-16-2-10-32(41)11-12-32)37-15-9-26(23)44-27-8-7-22(17-24(27)35)38(21-5-3-20(34)4-6-21)31(40)33(13-14-33)30(36)39/h3-9,15,17-19,41H,2,10-14,16H2,1H3,(H2,36,39). The highest BCUT2D eigenvalue weighted by Crippen LogP contribution is 2.49. The predicted molar refractivity (Wildman–Crippen MR) is 158 cm³/mol. The molecule has 2 aliphatic carbocycles. The fraction of sp³-hybridized carbons (Fsp3) is 0.303. The molecule has 11 heteroatoms. The molecule has 0 atom stereocenters. The molecular formula is C33H31F2N3O6. The van der Waals surface area contributed by atoms with Gasteiger partial charge in [0.25, 0.3) is 0 Å².